The lowest BCUT2D eigenvalue weighted by Gasteiger charge is -2.30. The highest BCUT2D eigenvalue weighted by atomic mass is 16.5. The Kier molecular flexibility index (Phi) is 4.90. The summed E-state index contributed by atoms with van der Waals surface area (Å²) in [7, 11) is 0. The number of esters is 1. The van der Waals surface area contributed by atoms with Crippen molar-refractivity contribution in [2.24, 2.45) is 0 Å². The molecule has 1 unspecified atom stereocenters. The van der Waals surface area contributed by atoms with Gasteiger partial charge in [0.2, 0.25) is 0 Å². The largest absolute Gasteiger partial charge is 0.465 e. The Labute approximate surface area is 109 Å². The predicted molar refractivity (Wildman–Crippen MR) is 70.3 cm³/mol. The lowest BCUT2D eigenvalue weighted by Crippen LogP contribution is -2.56. The van der Waals surface area contributed by atoms with Gasteiger partial charge < -0.3 is 4.74 Å². The van der Waals surface area contributed by atoms with Crippen LogP contribution in [0.25, 0.3) is 0 Å². The van der Waals surface area contributed by atoms with Crippen LogP contribution in [-0.4, -0.2) is 33.9 Å². The molecular formula is C13H23N3O2. The van der Waals surface area contributed by atoms with E-state index in [0.29, 0.717) is 13.2 Å². The van der Waals surface area contributed by atoms with Crippen LogP contribution < -0.4 is 5.32 Å². The second-order valence-corrected chi connectivity index (χ2v) is 5.01. The third-order valence-corrected chi connectivity index (χ3v) is 2.59. The first-order chi connectivity index (χ1) is 8.37. The summed E-state index contributed by atoms with van der Waals surface area (Å²) < 4.78 is 6.91. The molecular weight excluding hydrogens is 230 g/mol. The van der Waals surface area contributed by atoms with Gasteiger partial charge in [0, 0.05) is 12.2 Å². The number of aromatic nitrogens is 2. The fourth-order valence-electron chi connectivity index (χ4n) is 1.97. The Hall–Kier alpha value is -1.36. The molecule has 0 aromatic carbocycles. The van der Waals surface area contributed by atoms with Crippen LogP contribution in [0.1, 0.15) is 33.4 Å². The maximum atomic E-state index is 12.1. The average Bonchev–Trinajstić information content (AvgIpc) is 2.62. The molecule has 5 heteroatoms. The molecule has 1 N–H and O–H groups in total. The van der Waals surface area contributed by atoms with E-state index in [9.17, 15) is 4.79 Å². The molecule has 0 saturated heterocycles. The van der Waals surface area contributed by atoms with Crippen molar-refractivity contribution in [1.82, 2.24) is 15.1 Å². The van der Waals surface area contributed by atoms with E-state index in [-0.39, 0.29) is 12.0 Å². The van der Waals surface area contributed by atoms with E-state index in [1.807, 2.05) is 46.9 Å². The molecule has 1 rings (SSSR count). The summed E-state index contributed by atoms with van der Waals surface area (Å²) in [5.74, 6) is -0.244. The first kappa shape index (κ1) is 14.7. The Morgan fingerprint density at radius 3 is 2.72 bits per heavy atom. The van der Waals surface area contributed by atoms with Crippen LogP contribution in [0.2, 0.25) is 0 Å². The summed E-state index contributed by atoms with van der Waals surface area (Å²) in [5, 5.41) is 7.58. The lowest BCUT2D eigenvalue weighted by atomic mass is 10.0. The van der Waals surface area contributed by atoms with Gasteiger partial charge in [-0.05, 0) is 40.7 Å². The van der Waals surface area contributed by atoms with E-state index in [2.05, 4.69) is 10.4 Å². The molecule has 5 nitrogen and oxygen atoms in total. The Morgan fingerprint density at radius 1 is 1.61 bits per heavy atom. The van der Waals surface area contributed by atoms with E-state index < -0.39 is 5.54 Å². The quantitative estimate of drug-likeness (QED) is 0.781. The summed E-state index contributed by atoms with van der Waals surface area (Å²) in [6.45, 7) is 10.4. The third-order valence-electron chi connectivity index (χ3n) is 2.59. The Morgan fingerprint density at radius 2 is 2.28 bits per heavy atom. The zero-order chi connectivity index (χ0) is 13.8. The fourth-order valence-corrected chi connectivity index (χ4v) is 1.97. The Balaban J connectivity index is 2.86. The van der Waals surface area contributed by atoms with Crippen LogP contribution in [0, 0.1) is 6.92 Å². The first-order valence-corrected chi connectivity index (χ1v) is 6.32. The van der Waals surface area contributed by atoms with Crippen molar-refractivity contribution >= 4 is 5.97 Å². The van der Waals surface area contributed by atoms with E-state index in [0.717, 1.165) is 5.69 Å². The predicted octanol–water partition coefficient (Wildman–Crippen LogP) is 1.51. The molecule has 0 bridgehead atoms. The number of carbonyl (C=O) groups is 1. The number of hydrogen-bond acceptors (Lipinski definition) is 4. The number of nitrogens with zero attached hydrogens (tertiary/aromatic N) is 2. The van der Waals surface area contributed by atoms with E-state index in [4.69, 9.17) is 4.74 Å². The summed E-state index contributed by atoms with van der Waals surface area (Å²) in [6, 6.07) is 2.11. The van der Waals surface area contributed by atoms with Crippen LogP contribution in [-0.2, 0) is 16.1 Å². The molecule has 1 aromatic heterocycles. The monoisotopic (exact) mass is 253 g/mol. The van der Waals surface area contributed by atoms with Crippen LogP contribution in [0.3, 0.4) is 0 Å². The van der Waals surface area contributed by atoms with Crippen LogP contribution in [0.4, 0.5) is 0 Å². The van der Waals surface area contributed by atoms with Crippen LogP contribution in [0.5, 0.6) is 0 Å². The van der Waals surface area contributed by atoms with E-state index in [1.165, 1.54) is 0 Å². The van der Waals surface area contributed by atoms with Crippen molar-refractivity contribution in [3.8, 4) is 0 Å². The topological polar surface area (TPSA) is 56.2 Å². The molecule has 0 aliphatic rings. The summed E-state index contributed by atoms with van der Waals surface area (Å²) >= 11 is 0. The lowest BCUT2D eigenvalue weighted by molar-refractivity contribution is -0.151. The van der Waals surface area contributed by atoms with Crippen LogP contribution >= 0.6 is 0 Å². The number of aryl methyl sites for hydroxylation is 1. The molecule has 18 heavy (non-hydrogen) atoms. The summed E-state index contributed by atoms with van der Waals surface area (Å²) in [5.41, 5.74) is 0.175. The molecule has 0 saturated carbocycles. The van der Waals surface area contributed by atoms with Crippen molar-refractivity contribution in [2.45, 2.75) is 52.7 Å². The number of hydrogen-bond donors (Lipinski definition) is 1. The van der Waals surface area contributed by atoms with Crippen LogP contribution in [0.15, 0.2) is 12.3 Å². The molecule has 1 heterocycles. The number of nitrogens with one attached hydrogen (secondary N) is 1. The van der Waals surface area contributed by atoms with Gasteiger partial charge in [0.25, 0.3) is 0 Å². The molecule has 0 fully saturated rings. The minimum atomic E-state index is -0.761. The van der Waals surface area contributed by atoms with Gasteiger partial charge >= 0.3 is 5.97 Å². The van der Waals surface area contributed by atoms with E-state index >= 15 is 0 Å². The van der Waals surface area contributed by atoms with Gasteiger partial charge in [0.15, 0.2) is 0 Å². The molecule has 1 atom stereocenters. The second-order valence-electron chi connectivity index (χ2n) is 5.01. The van der Waals surface area contributed by atoms with Crippen molar-refractivity contribution in [2.75, 3.05) is 6.61 Å². The smallest absolute Gasteiger partial charge is 0.327 e. The molecule has 0 spiro atoms. The van der Waals surface area contributed by atoms with Crippen molar-refractivity contribution in [1.29, 1.82) is 0 Å². The maximum absolute atomic E-state index is 12.1. The molecule has 102 valence electrons. The number of carbonyl (C=O) groups excluding carboxylic acids is 1. The van der Waals surface area contributed by atoms with Crippen molar-refractivity contribution in [3.63, 3.8) is 0 Å². The van der Waals surface area contributed by atoms with Gasteiger partial charge in [-0.25, -0.2) is 4.79 Å². The summed E-state index contributed by atoms with van der Waals surface area (Å²) in [6.07, 6.45) is 1.87. The van der Waals surface area contributed by atoms with Gasteiger partial charge in [-0.1, -0.05) is 0 Å². The average molecular weight is 253 g/mol. The fraction of sp³-hybridized carbons (Fsp3) is 0.692. The molecule has 0 aliphatic carbocycles. The minimum absolute atomic E-state index is 0.191. The standard InChI is InChI=1S/C13H23N3O2/c1-6-18-12(17)13(5,14-10(2)3)9-16-8-7-11(4)15-16/h7-8,10,14H,6,9H2,1-5H3. The molecule has 0 amide bonds. The highest BCUT2D eigenvalue weighted by Crippen LogP contribution is 2.12. The van der Waals surface area contributed by atoms with Crippen molar-refractivity contribution in [3.05, 3.63) is 18.0 Å². The van der Waals surface area contributed by atoms with E-state index in [1.54, 1.807) is 4.68 Å². The third kappa shape index (κ3) is 3.84. The van der Waals surface area contributed by atoms with Gasteiger partial charge in [-0.15, -0.1) is 0 Å². The molecule has 0 aliphatic heterocycles. The van der Waals surface area contributed by atoms with Gasteiger partial charge in [0.1, 0.15) is 5.54 Å². The first-order valence-electron chi connectivity index (χ1n) is 6.32. The van der Waals surface area contributed by atoms with Gasteiger partial charge in [0.05, 0.1) is 18.8 Å². The number of ether oxygens (including phenoxy) is 1. The minimum Gasteiger partial charge on any atom is -0.465 e. The highest BCUT2D eigenvalue weighted by molar-refractivity contribution is 5.80. The molecule has 1 aromatic rings. The molecule has 0 radical (unpaired) electrons. The normalized spacial score (nSPS) is 14.6. The highest BCUT2D eigenvalue weighted by Gasteiger charge is 2.36. The Bertz CT molecular complexity index is 401. The summed E-state index contributed by atoms with van der Waals surface area (Å²) in [4.78, 5) is 12.1. The number of rotatable bonds is 6. The van der Waals surface area contributed by atoms with Crippen molar-refractivity contribution < 1.29 is 9.53 Å². The maximum Gasteiger partial charge on any atom is 0.327 e. The zero-order valence-corrected chi connectivity index (χ0v) is 11.9. The van der Waals surface area contributed by atoms with Gasteiger partial charge in [-0.2, -0.15) is 5.10 Å². The SMILES string of the molecule is CCOC(=O)C(C)(Cn1ccc(C)n1)NC(C)C. The second kappa shape index (κ2) is 6.00. The zero-order valence-electron chi connectivity index (χ0n) is 11.9. The van der Waals surface area contributed by atoms with Gasteiger partial charge in [-0.3, -0.25) is 10.00 Å².